The molecule has 2 N–H and O–H groups in total. The van der Waals surface area contributed by atoms with Crippen LogP contribution in [0.1, 0.15) is 31.2 Å². The Bertz CT molecular complexity index is 565. The van der Waals surface area contributed by atoms with Crippen LogP contribution in [0.15, 0.2) is 18.2 Å². The Morgan fingerprint density at radius 3 is 2.54 bits per heavy atom. The molecule has 134 valence electrons. The zero-order chi connectivity index (χ0) is 17.7. The minimum atomic E-state index is -0.884. The van der Waals surface area contributed by atoms with Crippen molar-refractivity contribution in [2.75, 3.05) is 27.2 Å². The van der Waals surface area contributed by atoms with Gasteiger partial charge in [0.1, 0.15) is 0 Å². The number of halogens is 2. The number of amides is 1. The third-order valence-electron chi connectivity index (χ3n) is 4.68. The Morgan fingerprint density at radius 1 is 1.21 bits per heavy atom. The standard InChI is InChI=1S/C18H27F2N3O/c1-22(2)8-9-23(12-13-6-7-15(19)16(20)10-13)18(24)11-14-4-3-5-17(14)21/h6-7,10,14,17H,3-5,8-9,11-12,21H2,1-2H3/t14-,17+/m0/s1. The topological polar surface area (TPSA) is 49.6 Å². The molecule has 1 aromatic carbocycles. The summed E-state index contributed by atoms with van der Waals surface area (Å²) in [6, 6.07) is 3.88. The van der Waals surface area contributed by atoms with Gasteiger partial charge in [0.05, 0.1) is 0 Å². The van der Waals surface area contributed by atoms with Crippen LogP contribution in [0, 0.1) is 17.6 Å². The second kappa shape index (κ2) is 8.53. The SMILES string of the molecule is CN(C)CCN(Cc1ccc(F)c(F)c1)C(=O)C[C@@H]1CCC[C@H]1N. The van der Waals surface area contributed by atoms with E-state index in [0.29, 0.717) is 25.1 Å². The molecule has 0 radical (unpaired) electrons. The first kappa shape index (κ1) is 18.8. The molecule has 0 aromatic heterocycles. The smallest absolute Gasteiger partial charge is 0.223 e. The molecule has 1 amide bonds. The summed E-state index contributed by atoms with van der Waals surface area (Å²) in [7, 11) is 3.88. The Kier molecular flexibility index (Phi) is 6.69. The molecule has 0 saturated heterocycles. The fourth-order valence-electron chi connectivity index (χ4n) is 3.14. The Morgan fingerprint density at radius 2 is 1.96 bits per heavy atom. The summed E-state index contributed by atoms with van der Waals surface area (Å²) in [6.45, 7) is 1.55. The number of benzene rings is 1. The highest BCUT2D eigenvalue weighted by atomic mass is 19.2. The highest BCUT2D eigenvalue weighted by Gasteiger charge is 2.28. The van der Waals surface area contributed by atoms with E-state index in [1.165, 1.54) is 6.07 Å². The van der Waals surface area contributed by atoms with Crippen LogP contribution in [0.4, 0.5) is 8.78 Å². The number of likely N-dealkylation sites (N-methyl/N-ethyl adjacent to an activating group) is 1. The number of carbonyl (C=O) groups is 1. The zero-order valence-electron chi connectivity index (χ0n) is 14.5. The normalized spacial score (nSPS) is 20.6. The van der Waals surface area contributed by atoms with Crippen LogP contribution >= 0.6 is 0 Å². The third-order valence-corrected chi connectivity index (χ3v) is 4.68. The average Bonchev–Trinajstić information content (AvgIpc) is 2.92. The molecule has 6 heteroatoms. The summed E-state index contributed by atoms with van der Waals surface area (Å²) in [5.41, 5.74) is 6.66. The maximum Gasteiger partial charge on any atom is 0.223 e. The van der Waals surface area contributed by atoms with Gasteiger partial charge in [-0.25, -0.2) is 8.78 Å². The van der Waals surface area contributed by atoms with Crippen molar-refractivity contribution in [1.29, 1.82) is 0 Å². The largest absolute Gasteiger partial charge is 0.337 e. The summed E-state index contributed by atoms with van der Waals surface area (Å²) in [6.07, 6.45) is 3.46. The van der Waals surface area contributed by atoms with Crippen LogP contribution in [0.3, 0.4) is 0 Å². The van der Waals surface area contributed by atoms with E-state index in [-0.39, 0.29) is 24.4 Å². The van der Waals surface area contributed by atoms with E-state index in [0.717, 1.165) is 31.4 Å². The van der Waals surface area contributed by atoms with E-state index < -0.39 is 11.6 Å². The minimum Gasteiger partial charge on any atom is -0.337 e. The average molecular weight is 339 g/mol. The first-order valence-electron chi connectivity index (χ1n) is 8.49. The Balaban J connectivity index is 2.04. The molecule has 1 aliphatic carbocycles. The number of nitrogens with two attached hydrogens (primary N) is 1. The van der Waals surface area contributed by atoms with E-state index in [4.69, 9.17) is 5.73 Å². The van der Waals surface area contributed by atoms with Gasteiger partial charge < -0.3 is 15.5 Å². The van der Waals surface area contributed by atoms with Gasteiger partial charge in [-0.1, -0.05) is 12.5 Å². The van der Waals surface area contributed by atoms with Crippen LogP contribution < -0.4 is 5.73 Å². The highest BCUT2D eigenvalue weighted by molar-refractivity contribution is 5.76. The maximum atomic E-state index is 13.4. The summed E-state index contributed by atoms with van der Waals surface area (Å²) >= 11 is 0. The number of carbonyl (C=O) groups excluding carboxylic acids is 1. The van der Waals surface area contributed by atoms with Crippen molar-refractivity contribution in [1.82, 2.24) is 9.80 Å². The van der Waals surface area contributed by atoms with E-state index in [1.807, 2.05) is 19.0 Å². The maximum absolute atomic E-state index is 13.4. The van der Waals surface area contributed by atoms with Gasteiger partial charge in [0.25, 0.3) is 0 Å². The monoisotopic (exact) mass is 339 g/mol. The van der Waals surface area contributed by atoms with Crippen molar-refractivity contribution in [3.05, 3.63) is 35.4 Å². The molecule has 0 heterocycles. The molecule has 0 aliphatic heterocycles. The van der Waals surface area contributed by atoms with Crippen molar-refractivity contribution in [3.8, 4) is 0 Å². The predicted molar refractivity (Wildman–Crippen MR) is 90.3 cm³/mol. The number of hydrogen-bond donors (Lipinski definition) is 1. The zero-order valence-corrected chi connectivity index (χ0v) is 14.5. The molecule has 2 atom stereocenters. The summed E-state index contributed by atoms with van der Waals surface area (Å²) < 4.78 is 26.5. The molecule has 0 unspecified atom stereocenters. The molecule has 1 aliphatic rings. The van der Waals surface area contributed by atoms with Crippen LogP contribution in [0.2, 0.25) is 0 Å². The molecule has 0 spiro atoms. The van der Waals surface area contributed by atoms with E-state index in [1.54, 1.807) is 4.90 Å². The predicted octanol–water partition coefficient (Wildman–Crippen LogP) is 2.37. The van der Waals surface area contributed by atoms with Crippen LogP contribution in [-0.4, -0.2) is 48.9 Å². The van der Waals surface area contributed by atoms with Gasteiger partial charge in [0.15, 0.2) is 11.6 Å². The lowest BCUT2D eigenvalue weighted by molar-refractivity contribution is -0.133. The van der Waals surface area contributed by atoms with Crippen LogP contribution in [-0.2, 0) is 11.3 Å². The van der Waals surface area contributed by atoms with Crippen molar-refractivity contribution >= 4 is 5.91 Å². The van der Waals surface area contributed by atoms with Gasteiger partial charge in [-0.15, -0.1) is 0 Å². The molecule has 2 rings (SSSR count). The lowest BCUT2D eigenvalue weighted by Crippen LogP contribution is -2.38. The summed E-state index contributed by atoms with van der Waals surface area (Å²) in [4.78, 5) is 16.4. The lowest BCUT2D eigenvalue weighted by atomic mass is 9.99. The molecule has 1 saturated carbocycles. The molecule has 4 nitrogen and oxygen atoms in total. The van der Waals surface area contributed by atoms with Crippen LogP contribution in [0.25, 0.3) is 0 Å². The van der Waals surface area contributed by atoms with Gasteiger partial charge in [0, 0.05) is 32.1 Å². The van der Waals surface area contributed by atoms with Crippen molar-refractivity contribution in [3.63, 3.8) is 0 Å². The summed E-state index contributed by atoms with van der Waals surface area (Å²) in [5, 5.41) is 0. The molecular formula is C18H27F2N3O. The molecule has 1 fully saturated rings. The second-order valence-corrected chi connectivity index (χ2v) is 6.93. The highest BCUT2D eigenvalue weighted by Crippen LogP contribution is 2.27. The Hall–Kier alpha value is -1.53. The molecule has 24 heavy (non-hydrogen) atoms. The van der Waals surface area contributed by atoms with Gasteiger partial charge in [-0.05, 0) is 50.6 Å². The second-order valence-electron chi connectivity index (χ2n) is 6.93. The fourth-order valence-corrected chi connectivity index (χ4v) is 3.14. The molecule has 1 aromatic rings. The number of rotatable bonds is 7. The van der Waals surface area contributed by atoms with E-state index in [2.05, 4.69) is 0 Å². The van der Waals surface area contributed by atoms with Crippen LogP contribution in [0.5, 0.6) is 0 Å². The van der Waals surface area contributed by atoms with Crippen molar-refractivity contribution < 1.29 is 13.6 Å². The third kappa shape index (κ3) is 5.24. The van der Waals surface area contributed by atoms with Gasteiger partial charge in [0.2, 0.25) is 5.91 Å². The minimum absolute atomic E-state index is 0.0314. The van der Waals surface area contributed by atoms with E-state index in [9.17, 15) is 13.6 Å². The van der Waals surface area contributed by atoms with E-state index >= 15 is 0 Å². The quantitative estimate of drug-likeness (QED) is 0.830. The van der Waals surface area contributed by atoms with Crippen molar-refractivity contribution in [2.24, 2.45) is 11.7 Å². The fraction of sp³-hybridized carbons (Fsp3) is 0.611. The number of hydrogen-bond acceptors (Lipinski definition) is 3. The number of nitrogens with zero attached hydrogens (tertiary/aromatic N) is 2. The lowest BCUT2D eigenvalue weighted by Gasteiger charge is -2.26. The van der Waals surface area contributed by atoms with Gasteiger partial charge in [-0.2, -0.15) is 0 Å². The van der Waals surface area contributed by atoms with Gasteiger partial charge in [-0.3, -0.25) is 4.79 Å². The molecule has 0 bridgehead atoms. The Labute approximate surface area is 142 Å². The first-order valence-corrected chi connectivity index (χ1v) is 8.49. The first-order chi connectivity index (χ1) is 11.4. The van der Waals surface area contributed by atoms with Gasteiger partial charge >= 0.3 is 0 Å². The van der Waals surface area contributed by atoms with Crippen molar-refractivity contribution in [2.45, 2.75) is 38.3 Å². The molecular weight excluding hydrogens is 312 g/mol. The summed E-state index contributed by atoms with van der Waals surface area (Å²) in [5.74, 6) is -1.50.